The van der Waals surface area contributed by atoms with Crippen LogP contribution in [-0.2, 0) is 0 Å². The van der Waals surface area contributed by atoms with Crippen molar-refractivity contribution in [3.8, 4) is 0 Å². The van der Waals surface area contributed by atoms with Crippen LogP contribution in [0.4, 0.5) is 0 Å². The Morgan fingerprint density at radius 3 is 2.07 bits per heavy atom. The van der Waals surface area contributed by atoms with Crippen LogP contribution < -0.4 is 0 Å². The van der Waals surface area contributed by atoms with Gasteiger partial charge in [-0.1, -0.05) is 52.9 Å². The zero-order chi connectivity index (χ0) is 10.8. The van der Waals surface area contributed by atoms with Gasteiger partial charge in [0.2, 0.25) is 0 Å². The summed E-state index contributed by atoms with van der Waals surface area (Å²) < 4.78 is 0. The molecule has 14 heavy (non-hydrogen) atoms. The Hall–Kier alpha value is 0.290. The molecule has 0 aromatic heterocycles. The van der Waals surface area contributed by atoms with Gasteiger partial charge >= 0.3 is 0 Å². The molecule has 0 aromatic carbocycles. The summed E-state index contributed by atoms with van der Waals surface area (Å²) in [4.78, 5) is 0. The molecule has 0 radical (unpaired) electrons. The lowest BCUT2D eigenvalue weighted by molar-refractivity contribution is 0.403. The molecular weight excluding hydrogens is 192 g/mol. The molecule has 0 saturated carbocycles. The van der Waals surface area contributed by atoms with Crippen molar-refractivity contribution in [3.63, 3.8) is 0 Å². The SMILES string of the molecule is CCCCC(CC)CCC(Cl)CCC. The number of alkyl halides is 1. The van der Waals surface area contributed by atoms with Crippen LogP contribution in [0.5, 0.6) is 0 Å². The quantitative estimate of drug-likeness (QED) is 0.455. The van der Waals surface area contributed by atoms with E-state index < -0.39 is 0 Å². The van der Waals surface area contributed by atoms with Crippen LogP contribution in [0.25, 0.3) is 0 Å². The molecule has 1 heteroatoms. The number of hydrogen-bond acceptors (Lipinski definition) is 0. The van der Waals surface area contributed by atoms with E-state index in [1.807, 2.05) is 0 Å². The molecule has 86 valence electrons. The largest absolute Gasteiger partial charge is 0.123 e. The topological polar surface area (TPSA) is 0 Å². The molecule has 0 saturated heterocycles. The Bertz CT molecular complexity index is 112. The third-order valence-electron chi connectivity index (χ3n) is 3.03. The van der Waals surface area contributed by atoms with Crippen molar-refractivity contribution < 1.29 is 0 Å². The van der Waals surface area contributed by atoms with Gasteiger partial charge in [-0.05, 0) is 25.2 Å². The normalized spacial score (nSPS) is 15.4. The molecule has 0 amide bonds. The lowest BCUT2D eigenvalue weighted by atomic mass is 9.93. The Labute approximate surface area is 95.4 Å². The molecule has 0 aromatic rings. The minimum atomic E-state index is 0.427. The van der Waals surface area contributed by atoms with Crippen molar-refractivity contribution in [2.45, 2.75) is 77.5 Å². The molecule has 0 rings (SSSR count). The van der Waals surface area contributed by atoms with Gasteiger partial charge in [0.05, 0.1) is 0 Å². The van der Waals surface area contributed by atoms with E-state index in [1.165, 1.54) is 51.4 Å². The zero-order valence-electron chi connectivity index (χ0n) is 10.2. The van der Waals surface area contributed by atoms with Gasteiger partial charge in [0.1, 0.15) is 0 Å². The molecule has 0 N–H and O–H groups in total. The van der Waals surface area contributed by atoms with Crippen LogP contribution in [0.2, 0.25) is 0 Å². The van der Waals surface area contributed by atoms with Crippen LogP contribution in [0.15, 0.2) is 0 Å². The van der Waals surface area contributed by atoms with Gasteiger partial charge in [-0.15, -0.1) is 11.6 Å². The molecule has 0 nitrogen and oxygen atoms in total. The first-order chi connectivity index (χ1) is 6.74. The van der Waals surface area contributed by atoms with Crippen LogP contribution in [0.1, 0.15) is 72.1 Å². The molecule has 2 atom stereocenters. The van der Waals surface area contributed by atoms with Crippen molar-refractivity contribution >= 4 is 11.6 Å². The van der Waals surface area contributed by atoms with Gasteiger partial charge in [0.25, 0.3) is 0 Å². The van der Waals surface area contributed by atoms with E-state index in [4.69, 9.17) is 11.6 Å². The Morgan fingerprint density at radius 2 is 1.57 bits per heavy atom. The summed E-state index contributed by atoms with van der Waals surface area (Å²) in [5, 5.41) is 0.427. The second-order valence-corrected chi connectivity index (χ2v) is 5.00. The molecule has 0 bridgehead atoms. The first kappa shape index (κ1) is 14.3. The van der Waals surface area contributed by atoms with Gasteiger partial charge in [-0.25, -0.2) is 0 Å². The first-order valence-corrected chi connectivity index (χ1v) is 6.82. The fraction of sp³-hybridized carbons (Fsp3) is 1.00. The van der Waals surface area contributed by atoms with Crippen LogP contribution in [0, 0.1) is 5.92 Å². The molecule has 0 aliphatic carbocycles. The molecule has 0 spiro atoms. The molecule has 0 aliphatic heterocycles. The molecular formula is C13H27Cl. The predicted molar refractivity (Wildman–Crippen MR) is 67.1 cm³/mol. The zero-order valence-corrected chi connectivity index (χ0v) is 10.9. The fourth-order valence-corrected chi connectivity index (χ4v) is 2.26. The van der Waals surface area contributed by atoms with Crippen molar-refractivity contribution in [1.82, 2.24) is 0 Å². The fourth-order valence-electron chi connectivity index (χ4n) is 1.92. The van der Waals surface area contributed by atoms with Gasteiger partial charge in [0.15, 0.2) is 0 Å². The monoisotopic (exact) mass is 218 g/mol. The first-order valence-electron chi connectivity index (χ1n) is 6.38. The summed E-state index contributed by atoms with van der Waals surface area (Å²) in [7, 11) is 0. The number of rotatable bonds is 9. The van der Waals surface area contributed by atoms with Crippen molar-refractivity contribution in [1.29, 1.82) is 0 Å². The number of hydrogen-bond donors (Lipinski definition) is 0. The third-order valence-corrected chi connectivity index (χ3v) is 3.47. The Kier molecular flexibility index (Phi) is 10.0. The summed E-state index contributed by atoms with van der Waals surface area (Å²) >= 11 is 6.22. The highest BCUT2D eigenvalue weighted by Gasteiger charge is 2.09. The lowest BCUT2D eigenvalue weighted by Gasteiger charge is -2.16. The summed E-state index contributed by atoms with van der Waals surface area (Å²) in [6.07, 6.45) is 10.4. The van der Waals surface area contributed by atoms with E-state index in [0.717, 1.165) is 5.92 Å². The highest BCUT2D eigenvalue weighted by atomic mass is 35.5. The lowest BCUT2D eigenvalue weighted by Crippen LogP contribution is -2.04. The number of unbranched alkanes of at least 4 members (excludes halogenated alkanes) is 1. The second-order valence-electron chi connectivity index (χ2n) is 4.38. The van der Waals surface area contributed by atoms with E-state index in [9.17, 15) is 0 Å². The predicted octanol–water partition coefficient (Wildman–Crippen LogP) is 5.39. The summed E-state index contributed by atoms with van der Waals surface area (Å²) in [6, 6.07) is 0. The second kappa shape index (κ2) is 9.83. The van der Waals surface area contributed by atoms with Gasteiger partial charge in [-0.2, -0.15) is 0 Å². The number of halogens is 1. The van der Waals surface area contributed by atoms with Crippen molar-refractivity contribution in [2.75, 3.05) is 0 Å². The summed E-state index contributed by atoms with van der Waals surface area (Å²) in [5.41, 5.74) is 0. The summed E-state index contributed by atoms with van der Waals surface area (Å²) in [5.74, 6) is 0.924. The molecule has 0 heterocycles. The third kappa shape index (κ3) is 7.67. The maximum atomic E-state index is 6.22. The average Bonchev–Trinajstić information content (AvgIpc) is 2.19. The van der Waals surface area contributed by atoms with Crippen molar-refractivity contribution in [3.05, 3.63) is 0 Å². The van der Waals surface area contributed by atoms with Crippen LogP contribution in [-0.4, -0.2) is 5.38 Å². The highest BCUT2D eigenvalue weighted by Crippen LogP contribution is 2.22. The van der Waals surface area contributed by atoms with Crippen LogP contribution in [0.3, 0.4) is 0 Å². The van der Waals surface area contributed by atoms with Crippen molar-refractivity contribution in [2.24, 2.45) is 5.92 Å². The van der Waals surface area contributed by atoms with E-state index in [2.05, 4.69) is 20.8 Å². The minimum absolute atomic E-state index is 0.427. The van der Waals surface area contributed by atoms with E-state index in [-0.39, 0.29) is 0 Å². The standard InChI is InChI=1S/C13H27Cl/c1-4-7-9-12(6-3)10-11-13(14)8-5-2/h12-13H,4-11H2,1-3H3. The highest BCUT2D eigenvalue weighted by molar-refractivity contribution is 6.20. The smallest absolute Gasteiger partial charge is 0.0336 e. The van der Waals surface area contributed by atoms with Gasteiger partial charge in [0, 0.05) is 5.38 Å². The Morgan fingerprint density at radius 1 is 0.857 bits per heavy atom. The minimum Gasteiger partial charge on any atom is -0.123 e. The Balaban J connectivity index is 3.50. The molecule has 0 aliphatic rings. The van der Waals surface area contributed by atoms with Gasteiger partial charge < -0.3 is 0 Å². The molecule has 2 unspecified atom stereocenters. The summed E-state index contributed by atoms with van der Waals surface area (Å²) in [6.45, 7) is 6.79. The van der Waals surface area contributed by atoms with Crippen LogP contribution >= 0.6 is 11.6 Å². The van der Waals surface area contributed by atoms with E-state index >= 15 is 0 Å². The maximum absolute atomic E-state index is 6.22. The molecule has 0 fully saturated rings. The van der Waals surface area contributed by atoms with E-state index in [0.29, 0.717) is 5.38 Å². The van der Waals surface area contributed by atoms with Gasteiger partial charge in [-0.3, -0.25) is 0 Å². The van der Waals surface area contributed by atoms with E-state index in [1.54, 1.807) is 0 Å². The average molecular weight is 219 g/mol. The maximum Gasteiger partial charge on any atom is 0.0336 e.